The maximum atomic E-state index is 13.7. The Bertz CT molecular complexity index is 623. The molecule has 1 aromatic rings. The van der Waals surface area contributed by atoms with E-state index in [1.807, 2.05) is 0 Å². The number of nitrogen functional groups attached to an aromatic ring is 1. The number of carbonyl (C=O) groups is 1. The first-order chi connectivity index (χ1) is 9.60. The average molecular weight is 319 g/mol. The predicted octanol–water partition coefficient (Wildman–Crippen LogP) is 0.205. The van der Waals surface area contributed by atoms with Crippen molar-refractivity contribution >= 4 is 21.6 Å². The van der Waals surface area contributed by atoms with Crippen LogP contribution in [0.2, 0.25) is 0 Å². The van der Waals surface area contributed by atoms with Gasteiger partial charge in [-0.2, -0.15) is 4.72 Å². The summed E-state index contributed by atoms with van der Waals surface area (Å²) in [6, 6.07) is 0.694. The van der Waals surface area contributed by atoms with Crippen molar-refractivity contribution in [2.45, 2.75) is 24.8 Å². The third-order valence-electron chi connectivity index (χ3n) is 2.82. The minimum atomic E-state index is -4.15. The van der Waals surface area contributed by atoms with E-state index in [1.54, 1.807) is 13.8 Å². The van der Waals surface area contributed by atoms with Crippen LogP contribution in [0.3, 0.4) is 0 Å². The van der Waals surface area contributed by atoms with Gasteiger partial charge in [-0.25, -0.2) is 12.8 Å². The highest BCUT2D eigenvalue weighted by Gasteiger charge is 2.27. The molecule has 1 rings (SSSR count). The Kier molecular flexibility index (Phi) is 5.13. The molecule has 0 aliphatic rings. The van der Waals surface area contributed by atoms with E-state index in [4.69, 9.17) is 16.2 Å². The Balaban J connectivity index is 3.23. The number of halogens is 1. The molecular formula is C12H18FN3O4S. The van der Waals surface area contributed by atoms with Crippen LogP contribution in [0.5, 0.6) is 5.75 Å². The van der Waals surface area contributed by atoms with E-state index >= 15 is 0 Å². The van der Waals surface area contributed by atoms with Crippen molar-refractivity contribution in [2.24, 2.45) is 11.7 Å². The number of sulfonamides is 1. The van der Waals surface area contributed by atoms with Gasteiger partial charge in [-0.15, -0.1) is 0 Å². The van der Waals surface area contributed by atoms with Crippen LogP contribution in [0.25, 0.3) is 0 Å². The SMILES string of the molecule is COc1c(N)cc(S(=O)(=O)NC(C(N)=O)C(C)C)cc1F. The second kappa shape index (κ2) is 6.27. The van der Waals surface area contributed by atoms with Crippen molar-refractivity contribution in [3.05, 3.63) is 17.9 Å². The molecule has 9 heteroatoms. The molecule has 0 saturated carbocycles. The molecule has 0 aromatic heterocycles. The van der Waals surface area contributed by atoms with Gasteiger partial charge in [0, 0.05) is 0 Å². The van der Waals surface area contributed by atoms with E-state index in [0.29, 0.717) is 0 Å². The van der Waals surface area contributed by atoms with Crippen molar-refractivity contribution in [3.63, 3.8) is 0 Å². The van der Waals surface area contributed by atoms with Gasteiger partial charge in [-0.05, 0) is 18.1 Å². The summed E-state index contributed by atoms with van der Waals surface area (Å²) in [6.07, 6.45) is 0. The standard InChI is InChI=1S/C12H18FN3O4S/c1-6(2)10(12(15)17)16-21(18,19)7-4-8(13)11(20-3)9(14)5-7/h4-6,10,16H,14H2,1-3H3,(H2,15,17). The molecule has 0 fully saturated rings. The highest BCUT2D eigenvalue weighted by molar-refractivity contribution is 7.89. The summed E-state index contributed by atoms with van der Waals surface area (Å²) in [5.41, 5.74) is 10.5. The first-order valence-corrected chi connectivity index (χ1v) is 7.53. The van der Waals surface area contributed by atoms with Crippen molar-refractivity contribution in [2.75, 3.05) is 12.8 Å². The molecule has 118 valence electrons. The molecule has 0 aliphatic carbocycles. The molecule has 21 heavy (non-hydrogen) atoms. The Labute approximate surface area is 122 Å². The number of nitrogens with two attached hydrogens (primary N) is 2. The maximum absolute atomic E-state index is 13.7. The molecule has 0 bridgehead atoms. The maximum Gasteiger partial charge on any atom is 0.241 e. The van der Waals surface area contributed by atoms with Crippen molar-refractivity contribution in [3.8, 4) is 5.75 Å². The molecular weight excluding hydrogens is 301 g/mol. The minimum Gasteiger partial charge on any atom is -0.492 e. The number of hydrogen-bond acceptors (Lipinski definition) is 5. The van der Waals surface area contributed by atoms with E-state index in [9.17, 15) is 17.6 Å². The summed E-state index contributed by atoms with van der Waals surface area (Å²) >= 11 is 0. The van der Waals surface area contributed by atoms with Crippen LogP contribution in [-0.4, -0.2) is 27.5 Å². The van der Waals surface area contributed by atoms with Gasteiger partial charge in [-0.3, -0.25) is 4.79 Å². The van der Waals surface area contributed by atoms with Gasteiger partial charge in [0.05, 0.1) is 17.7 Å². The van der Waals surface area contributed by atoms with E-state index in [-0.39, 0.29) is 17.4 Å². The molecule has 1 atom stereocenters. The lowest BCUT2D eigenvalue weighted by molar-refractivity contribution is -0.120. The monoisotopic (exact) mass is 319 g/mol. The molecule has 0 spiro atoms. The molecule has 1 amide bonds. The van der Waals surface area contributed by atoms with Gasteiger partial charge >= 0.3 is 0 Å². The second-order valence-corrected chi connectivity index (χ2v) is 6.49. The molecule has 5 N–H and O–H groups in total. The highest BCUT2D eigenvalue weighted by atomic mass is 32.2. The molecule has 0 saturated heterocycles. The smallest absolute Gasteiger partial charge is 0.241 e. The van der Waals surface area contributed by atoms with Crippen LogP contribution in [0, 0.1) is 11.7 Å². The van der Waals surface area contributed by atoms with Crippen molar-refractivity contribution in [1.82, 2.24) is 4.72 Å². The molecule has 1 aromatic carbocycles. The van der Waals surface area contributed by atoms with Crippen LogP contribution < -0.4 is 20.9 Å². The third-order valence-corrected chi connectivity index (χ3v) is 4.24. The van der Waals surface area contributed by atoms with E-state index < -0.39 is 32.7 Å². The average Bonchev–Trinajstić information content (AvgIpc) is 2.35. The Morgan fingerprint density at radius 1 is 1.38 bits per heavy atom. The van der Waals surface area contributed by atoms with E-state index in [0.717, 1.165) is 12.1 Å². The predicted molar refractivity (Wildman–Crippen MR) is 75.5 cm³/mol. The normalized spacial score (nSPS) is 13.2. The Morgan fingerprint density at radius 3 is 2.33 bits per heavy atom. The topological polar surface area (TPSA) is 125 Å². The van der Waals surface area contributed by atoms with E-state index in [2.05, 4.69) is 4.72 Å². The number of rotatable bonds is 6. The zero-order valence-electron chi connectivity index (χ0n) is 11.9. The fourth-order valence-electron chi connectivity index (χ4n) is 1.72. The molecule has 0 aliphatic heterocycles. The van der Waals surface area contributed by atoms with Gasteiger partial charge in [0.2, 0.25) is 15.9 Å². The van der Waals surface area contributed by atoms with Gasteiger partial charge < -0.3 is 16.2 Å². The summed E-state index contributed by atoms with van der Waals surface area (Å²) in [4.78, 5) is 10.8. The number of anilines is 1. The van der Waals surface area contributed by atoms with Crippen molar-refractivity contribution in [1.29, 1.82) is 0 Å². The molecule has 7 nitrogen and oxygen atoms in total. The number of ether oxygens (including phenoxy) is 1. The number of amides is 1. The summed E-state index contributed by atoms with van der Waals surface area (Å²) < 4.78 is 44.9. The highest BCUT2D eigenvalue weighted by Crippen LogP contribution is 2.28. The summed E-state index contributed by atoms with van der Waals surface area (Å²) in [7, 11) is -2.93. The molecule has 1 unspecified atom stereocenters. The first-order valence-electron chi connectivity index (χ1n) is 6.04. The van der Waals surface area contributed by atoms with Gasteiger partial charge in [-0.1, -0.05) is 13.8 Å². The number of carbonyl (C=O) groups excluding carboxylic acids is 1. The summed E-state index contributed by atoms with van der Waals surface area (Å²) in [5.74, 6) is -2.35. The fraction of sp³-hybridized carbons (Fsp3) is 0.417. The number of methoxy groups -OCH3 is 1. The zero-order valence-corrected chi connectivity index (χ0v) is 12.7. The van der Waals surface area contributed by atoms with Gasteiger partial charge in [0.15, 0.2) is 11.6 Å². The summed E-state index contributed by atoms with van der Waals surface area (Å²) in [5, 5.41) is 0. The van der Waals surface area contributed by atoms with E-state index in [1.165, 1.54) is 7.11 Å². The Hall–Kier alpha value is -1.87. The summed E-state index contributed by atoms with van der Waals surface area (Å²) in [6.45, 7) is 3.25. The van der Waals surface area contributed by atoms with Crippen LogP contribution in [0.1, 0.15) is 13.8 Å². The van der Waals surface area contributed by atoms with Crippen molar-refractivity contribution < 1.29 is 22.3 Å². The van der Waals surface area contributed by atoms with Crippen LogP contribution in [0.4, 0.5) is 10.1 Å². The molecule has 0 radical (unpaired) electrons. The lowest BCUT2D eigenvalue weighted by Crippen LogP contribution is -2.47. The Morgan fingerprint density at radius 2 is 1.95 bits per heavy atom. The first kappa shape index (κ1) is 17.2. The molecule has 0 heterocycles. The zero-order chi connectivity index (χ0) is 16.4. The lowest BCUT2D eigenvalue weighted by Gasteiger charge is -2.19. The number of benzene rings is 1. The van der Waals surface area contributed by atoms with Crippen LogP contribution in [0.15, 0.2) is 17.0 Å². The van der Waals surface area contributed by atoms with Crippen LogP contribution in [-0.2, 0) is 14.8 Å². The quantitative estimate of drug-likeness (QED) is 0.646. The fourth-order valence-corrected chi connectivity index (χ4v) is 3.12. The second-order valence-electron chi connectivity index (χ2n) is 4.77. The number of primary amides is 1. The lowest BCUT2D eigenvalue weighted by atomic mass is 10.1. The number of hydrogen-bond donors (Lipinski definition) is 3. The van der Waals surface area contributed by atoms with Gasteiger partial charge in [0.1, 0.15) is 6.04 Å². The number of nitrogens with one attached hydrogen (secondary N) is 1. The van der Waals surface area contributed by atoms with Gasteiger partial charge in [0.25, 0.3) is 0 Å². The third kappa shape index (κ3) is 3.82. The largest absolute Gasteiger partial charge is 0.492 e. The van der Waals surface area contributed by atoms with Crippen LogP contribution >= 0.6 is 0 Å². The minimum absolute atomic E-state index is 0.168.